The third-order valence-corrected chi connectivity index (χ3v) is 3.82. The van der Waals surface area contributed by atoms with Gasteiger partial charge in [-0.05, 0) is 12.0 Å². The second-order valence-electron chi connectivity index (χ2n) is 4.96. The third-order valence-electron chi connectivity index (χ3n) is 3.82. The van der Waals surface area contributed by atoms with Crippen molar-refractivity contribution in [2.45, 2.75) is 18.6 Å². The third kappa shape index (κ3) is 1.73. The first-order chi connectivity index (χ1) is 9.52. The predicted octanol–water partition coefficient (Wildman–Crippen LogP) is -0.828. The number of hydrogen-bond donors (Lipinski definition) is 4. The molecule has 0 spiro atoms. The number of aliphatic hydroxyl groups is 2. The van der Waals surface area contributed by atoms with E-state index < -0.39 is 11.7 Å². The van der Waals surface area contributed by atoms with Crippen molar-refractivity contribution >= 4 is 17.1 Å². The second kappa shape index (κ2) is 4.43. The zero-order chi connectivity index (χ0) is 14.4. The minimum atomic E-state index is -0.672. The highest BCUT2D eigenvalue weighted by Crippen LogP contribution is 2.39. The van der Waals surface area contributed by atoms with Crippen LogP contribution in [0, 0.1) is 5.92 Å². The molecule has 2 heterocycles. The molecular formula is C12H15N5O3. The standard InChI is InChI=1S/C12H15N5O3/c1-5-6(3-18)8(19)2-7(5)17-4-14-9-10(17)15-12(13)16-11(9)20/h4,6-8,18-19H,1-3H2,(H3,13,15,16,20)/t6-,7-,8?/m1/s1. The van der Waals surface area contributed by atoms with Gasteiger partial charge in [0.05, 0.1) is 25.1 Å². The largest absolute Gasteiger partial charge is 0.396 e. The number of aromatic amines is 1. The highest BCUT2D eigenvalue weighted by Gasteiger charge is 2.37. The molecule has 8 heteroatoms. The molecule has 106 valence electrons. The average molecular weight is 277 g/mol. The maximum absolute atomic E-state index is 11.7. The van der Waals surface area contributed by atoms with Crippen molar-refractivity contribution in [1.82, 2.24) is 19.5 Å². The van der Waals surface area contributed by atoms with E-state index in [9.17, 15) is 15.0 Å². The van der Waals surface area contributed by atoms with Crippen molar-refractivity contribution in [2.24, 2.45) is 5.92 Å². The number of anilines is 1. The van der Waals surface area contributed by atoms with Crippen LogP contribution < -0.4 is 11.3 Å². The van der Waals surface area contributed by atoms with E-state index in [0.29, 0.717) is 17.6 Å². The lowest BCUT2D eigenvalue weighted by atomic mass is 10.0. The highest BCUT2D eigenvalue weighted by atomic mass is 16.3. The number of aliphatic hydroxyl groups excluding tert-OH is 2. The lowest BCUT2D eigenvalue weighted by molar-refractivity contribution is 0.101. The summed E-state index contributed by atoms with van der Waals surface area (Å²) in [4.78, 5) is 22.2. The molecule has 3 atom stereocenters. The maximum atomic E-state index is 11.7. The first kappa shape index (κ1) is 12.8. The Morgan fingerprint density at radius 2 is 2.35 bits per heavy atom. The molecule has 1 saturated carbocycles. The molecular weight excluding hydrogens is 262 g/mol. The van der Waals surface area contributed by atoms with Gasteiger partial charge in [-0.2, -0.15) is 4.98 Å². The van der Waals surface area contributed by atoms with Gasteiger partial charge in [-0.15, -0.1) is 0 Å². The zero-order valence-electron chi connectivity index (χ0n) is 10.7. The molecule has 20 heavy (non-hydrogen) atoms. The molecule has 8 nitrogen and oxygen atoms in total. The summed E-state index contributed by atoms with van der Waals surface area (Å²) in [5.74, 6) is -0.371. The van der Waals surface area contributed by atoms with E-state index in [2.05, 4.69) is 21.5 Å². The number of nitrogens with two attached hydrogens (primary N) is 1. The number of nitrogens with one attached hydrogen (secondary N) is 1. The number of nitrogens with zero attached hydrogens (tertiary/aromatic N) is 3. The van der Waals surface area contributed by atoms with E-state index in [1.807, 2.05) is 0 Å². The van der Waals surface area contributed by atoms with Crippen molar-refractivity contribution in [3.63, 3.8) is 0 Å². The van der Waals surface area contributed by atoms with Crippen LogP contribution in [0.2, 0.25) is 0 Å². The fourth-order valence-corrected chi connectivity index (χ4v) is 2.74. The van der Waals surface area contributed by atoms with Crippen molar-refractivity contribution in [3.8, 4) is 0 Å². The van der Waals surface area contributed by atoms with Crippen molar-refractivity contribution < 1.29 is 10.2 Å². The molecule has 1 aliphatic rings. The molecule has 1 aliphatic carbocycles. The Bertz CT molecular complexity index is 734. The Kier molecular flexibility index (Phi) is 2.84. The number of fused-ring (bicyclic) bond motifs is 1. The Morgan fingerprint density at radius 3 is 3.00 bits per heavy atom. The van der Waals surface area contributed by atoms with Crippen LogP contribution in [-0.2, 0) is 0 Å². The van der Waals surface area contributed by atoms with Gasteiger partial charge in [-0.3, -0.25) is 9.78 Å². The molecule has 0 radical (unpaired) electrons. The summed E-state index contributed by atoms with van der Waals surface area (Å²) >= 11 is 0. The summed E-state index contributed by atoms with van der Waals surface area (Å²) in [5, 5.41) is 19.2. The predicted molar refractivity (Wildman–Crippen MR) is 71.9 cm³/mol. The van der Waals surface area contributed by atoms with Gasteiger partial charge in [0.2, 0.25) is 5.95 Å². The van der Waals surface area contributed by atoms with Gasteiger partial charge in [-0.25, -0.2) is 4.98 Å². The van der Waals surface area contributed by atoms with Crippen LogP contribution in [-0.4, -0.2) is 42.4 Å². The van der Waals surface area contributed by atoms with Gasteiger partial charge in [-0.1, -0.05) is 6.58 Å². The van der Waals surface area contributed by atoms with Gasteiger partial charge in [0.15, 0.2) is 11.2 Å². The van der Waals surface area contributed by atoms with Crippen LogP contribution in [0.4, 0.5) is 5.95 Å². The summed E-state index contributed by atoms with van der Waals surface area (Å²) in [6.07, 6.45) is 1.20. The zero-order valence-corrected chi connectivity index (χ0v) is 10.7. The first-order valence-electron chi connectivity index (χ1n) is 6.23. The molecule has 1 fully saturated rings. The Labute approximate surface area is 113 Å². The normalized spacial score (nSPS) is 26.5. The molecule has 2 aromatic heterocycles. The van der Waals surface area contributed by atoms with Gasteiger partial charge >= 0.3 is 0 Å². The first-order valence-corrected chi connectivity index (χ1v) is 6.23. The molecule has 2 aromatic rings. The van der Waals surface area contributed by atoms with Crippen LogP contribution in [0.3, 0.4) is 0 Å². The van der Waals surface area contributed by atoms with Gasteiger partial charge in [0.1, 0.15) is 0 Å². The van der Waals surface area contributed by atoms with Crippen LogP contribution >= 0.6 is 0 Å². The second-order valence-corrected chi connectivity index (χ2v) is 4.96. The molecule has 5 N–H and O–H groups in total. The lowest BCUT2D eigenvalue weighted by Gasteiger charge is -2.15. The van der Waals surface area contributed by atoms with Gasteiger partial charge in [0.25, 0.3) is 5.56 Å². The van der Waals surface area contributed by atoms with Gasteiger partial charge in [0, 0.05) is 5.92 Å². The highest BCUT2D eigenvalue weighted by molar-refractivity contribution is 5.70. The lowest BCUT2D eigenvalue weighted by Crippen LogP contribution is -2.17. The minimum Gasteiger partial charge on any atom is -0.396 e. The fourth-order valence-electron chi connectivity index (χ4n) is 2.74. The monoisotopic (exact) mass is 277 g/mol. The minimum absolute atomic E-state index is 0.00659. The van der Waals surface area contributed by atoms with Crippen molar-refractivity contribution in [1.29, 1.82) is 0 Å². The van der Waals surface area contributed by atoms with E-state index in [0.717, 1.165) is 0 Å². The molecule has 0 saturated heterocycles. The van der Waals surface area contributed by atoms with Crippen LogP contribution in [0.25, 0.3) is 11.2 Å². The Morgan fingerprint density at radius 1 is 1.60 bits per heavy atom. The van der Waals surface area contributed by atoms with Crippen LogP contribution in [0.1, 0.15) is 12.5 Å². The number of hydrogen-bond acceptors (Lipinski definition) is 6. The summed E-state index contributed by atoms with van der Waals surface area (Å²) in [6.45, 7) is 3.76. The fraction of sp³-hybridized carbons (Fsp3) is 0.417. The summed E-state index contributed by atoms with van der Waals surface area (Å²) in [6, 6.07) is -0.263. The Balaban J connectivity index is 2.12. The van der Waals surface area contributed by atoms with E-state index in [1.54, 1.807) is 4.57 Å². The molecule has 0 bridgehead atoms. The smallest absolute Gasteiger partial charge is 0.280 e. The van der Waals surface area contributed by atoms with Gasteiger partial charge < -0.3 is 20.5 Å². The molecule has 0 amide bonds. The van der Waals surface area contributed by atoms with Crippen LogP contribution in [0.5, 0.6) is 0 Å². The summed E-state index contributed by atoms with van der Waals surface area (Å²) < 4.78 is 1.67. The summed E-state index contributed by atoms with van der Waals surface area (Å²) in [7, 11) is 0. The van der Waals surface area contributed by atoms with E-state index >= 15 is 0 Å². The van der Waals surface area contributed by atoms with E-state index in [4.69, 9.17) is 5.73 Å². The number of nitrogen functional groups attached to an aromatic ring is 1. The SMILES string of the molecule is C=C1[C@@H](CO)C(O)C[C@H]1n1cnc2c(=O)[nH]c(N)nc21. The average Bonchev–Trinajstić information content (AvgIpc) is 2.91. The molecule has 0 aliphatic heterocycles. The topological polar surface area (TPSA) is 130 Å². The van der Waals surface area contributed by atoms with E-state index in [-0.39, 0.29) is 30.0 Å². The number of imidazole rings is 1. The molecule has 3 rings (SSSR count). The van der Waals surface area contributed by atoms with Crippen LogP contribution in [0.15, 0.2) is 23.3 Å². The number of aromatic nitrogens is 4. The summed E-state index contributed by atoms with van der Waals surface area (Å²) in [5.41, 5.74) is 6.37. The van der Waals surface area contributed by atoms with Crippen molar-refractivity contribution in [2.75, 3.05) is 12.3 Å². The molecule has 1 unspecified atom stereocenters. The molecule has 0 aromatic carbocycles. The maximum Gasteiger partial charge on any atom is 0.280 e. The quantitative estimate of drug-likeness (QED) is 0.530. The number of rotatable bonds is 2. The number of H-pyrrole nitrogens is 1. The van der Waals surface area contributed by atoms with Crippen molar-refractivity contribution in [3.05, 3.63) is 28.8 Å². The van der Waals surface area contributed by atoms with E-state index in [1.165, 1.54) is 6.33 Å². The Hall–Kier alpha value is -2.19.